The van der Waals surface area contributed by atoms with Gasteiger partial charge in [-0.05, 0) is 67.6 Å². The Balaban J connectivity index is 2.39. The van der Waals surface area contributed by atoms with Crippen molar-refractivity contribution in [3.63, 3.8) is 0 Å². The molecule has 0 heterocycles. The Hall–Kier alpha value is -3.07. The van der Waals surface area contributed by atoms with Gasteiger partial charge in [0.2, 0.25) is 21.8 Å². The highest BCUT2D eigenvalue weighted by Crippen LogP contribution is 2.22. The number of carbonyl (C=O) groups excluding carboxylic acids is 2. The first-order valence-electron chi connectivity index (χ1n) is 11.6. The maximum atomic E-state index is 13.6. The Kier molecular flexibility index (Phi) is 9.71. The number of anilines is 1. The van der Waals surface area contributed by atoms with Gasteiger partial charge in [0.25, 0.3) is 0 Å². The lowest BCUT2D eigenvalue weighted by molar-refractivity contribution is -0.139. The summed E-state index contributed by atoms with van der Waals surface area (Å²) in [5, 5.41) is 2.87. The van der Waals surface area contributed by atoms with Crippen molar-refractivity contribution < 1.29 is 22.7 Å². The zero-order valence-electron chi connectivity index (χ0n) is 21.7. The smallest absolute Gasteiger partial charge is 0.244 e. The number of amides is 2. The van der Waals surface area contributed by atoms with Crippen molar-refractivity contribution >= 4 is 27.5 Å². The lowest BCUT2D eigenvalue weighted by Crippen LogP contribution is -2.51. The number of methoxy groups -OCH3 is 1. The number of rotatable bonds is 11. The molecule has 2 rings (SSSR count). The molecule has 0 fully saturated rings. The Morgan fingerprint density at radius 2 is 1.57 bits per heavy atom. The van der Waals surface area contributed by atoms with Crippen molar-refractivity contribution in [1.29, 1.82) is 0 Å². The molecule has 2 amide bonds. The van der Waals surface area contributed by atoms with Gasteiger partial charge in [-0.15, -0.1) is 0 Å². The number of sulfonamides is 1. The number of nitrogens with zero attached hydrogens (tertiary/aromatic N) is 2. The largest absolute Gasteiger partial charge is 0.497 e. The summed E-state index contributed by atoms with van der Waals surface area (Å²) in [7, 11) is -2.19. The molecule has 9 heteroatoms. The molecule has 35 heavy (non-hydrogen) atoms. The molecule has 0 saturated heterocycles. The number of carbonyl (C=O) groups is 2. The average molecular weight is 504 g/mol. The molecule has 0 aliphatic carbocycles. The molecule has 0 unspecified atom stereocenters. The average Bonchev–Trinajstić information content (AvgIpc) is 2.77. The number of aryl methyl sites for hydroxylation is 2. The van der Waals surface area contributed by atoms with E-state index in [0.717, 1.165) is 27.3 Å². The molecular formula is C26H37N3O5S. The van der Waals surface area contributed by atoms with Gasteiger partial charge in [-0.3, -0.25) is 13.9 Å². The fourth-order valence-corrected chi connectivity index (χ4v) is 4.50. The molecule has 0 aliphatic heterocycles. The van der Waals surface area contributed by atoms with Gasteiger partial charge in [0.15, 0.2) is 0 Å². The second-order valence-corrected chi connectivity index (χ2v) is 11.2. The summed E-state index contributed by atoms with van der Waals surface area (Å²) >= 11 is 0. The van der Waals surface area contributed by atoms with E-state index < -0.39 is 28.5 Å². The quantitative estimate of drug-likeness (QED) is 0.508. The summed E-state index contributed by atoms with van der Waals surface area (Å²) in [4.78, 5) is 27.9. The number of ether oxygens (including phenoxy) is 1. The van der Waals surface area contributed by atoms with Gasteiger partial charge in [0.05, 0.1) is 19.1 Å². The number of nitrogens with one attached hydrogen (secondary N) is 1. The highest BCUT2D eigenvalue weighted by molar-refractivity contribution is 7.92. The van der Waals surface area contributed by atoms with Crippen LogP contribution in [0.25, 0.3) is 0 Å². The summed E-state index contributed by atoms with van der Waals surface area (Å²) in [6.07, 6.45) is 1.07. The van der Waals surface area contributed by atoms with Crippen LogP contribution >= 0.6 is 0 Å². The molecular weight excluding hydrogens is 466 g/mol. The summed E-state index contributed by atoms with van der Waals surface area (Å²) < 4.78 is 31.7. The van der Waals surface area contributed by atoms with Gasteiger partial charge >= 0.3 is 0 Å². The molecule has 2 aromatic rings. The van der Waals surface area contributed by atoms with E-state index in [1.807, 2.05) is 45.9 Å². The van der Waals surface area contributed by atoms with Crippen LogP contribution in [0, 0.1) is 19.8 Å². The van der Waals surface area contributed by atoms with Crippen LogP contribution in [0.1, 0.15) is 37.5 Å². The Labute approximate surface area is 209 Å². The van der Waals surface area contributed by atoms with Crippen molar-refractivity contribution in [3.8, 4) is 5.75 Å². The van der Waals surface area contributed by atoms with Crippen molar-refractivity contribution in [3.05, 3.63) is 59.2 Å². The molecule has 1 atom stereocenters. The van der Waals surface area contributed by atoms with E-state index in [4.69, 9.17) is 4.74 Å². The minimum atomic E-state index is -3.76. The van der Waals surface area contributed by atoms with E-state index in [9.17, 15) is 18.0 Å². The van der Waals surface area contributed by atoms with Crippen LogP contribution in [0.2, 0.25) is 0 Å². The molecule has 0 spiro atoms. The summed E-state index contributed by atoms with van der Waals surface area (Å²) in [5.74, 6) is 0.157. The predicted molar refractivity (Wildman–Crippen MR) is 139 cm³/mol. The van der Waals surface area contributed by atoms with Crippen LogP contribution in [0.15, 0.2) is 42.5 Å². The zero-order chi connectivity index (χ0) is 26.3. The van der Waals surface area contributed by atoms with E-state index in [0.29, 0.717) is 18.0 Å². The normalized spacial score (nSPS) is 12.2. The van der Waals surface area contributed by atoms with E-state index in [1.165, 1.54) is 4.90 Å². The van der Waals surface area contributed by atoms with E-state index >= 15 is 0 Å². The zero-order valence-corrected chi connectivity index (χ0v) is 22.5. The third-order valence-corrected chi connectivity index (χ3v) is 6.68. The monoisotopic (exact) mass is 503 g/mol. The molecule has 8 nitrogen and oxygen atoms in total. The first-order valence-corrected chi connectivity index (χ1v) is 13.4. The van der Waals surface area contributed by atoms with E-state index in [-0.39, 0.29) is 18.4 Å². The lowest BCUT2D eigenvalue weighted by atomic mass is 10.1. The summed E-state index contributed by atoms with van der Waals surface area (Å²) in [5.41, 5.74) is 2.98. The maximum absolute atomic E-state index is 13.6. The maximum Gasteiger partial charge on any atom is 0.244 e. The third-order valence-electron chi connectivity index (χ3n) is 5.54. The van der Waals surface area contributed by atoms with Crippen LogP contribution in [-0.4, -0.2) is 57.6 Å². The topological polar surface area (TPSA) is 96.0 Å². The predicted octanol–water partition coefficient (Wildman–Crippen LogP) is 3.27. The Bertz CT molecular complexity index is 1110. The minimum absolute atomic E-state index is 0.142. The number of hydrogen-bond acceptors (Lipinski definition) is 5. The standard InChI is InChI=1S/C26H37N3O5S/c1-18(2)15-27-26(31)21(5)28(16-22-8-10-24(34-6)11-9-22)25(30)17-29(35(7,32)33)23-13-19(3)12-20(4)14-23/h8-14,18,21H,15-17H2,1-7H3,(H,27,31)/t21-/m1/s1. The molecule has 192 valence electrons. The van der Waals surface area contributed by atoms with Gasteiger partial charge < -0.3 is 15.0 Å². The van der Waals surface area contributed by atoms with Crippen LogP contribution in [0.5, 0.6) is 5.75 Å². The van der Waals surface area contributed by atoms with Crippen LogP contribution in [0.3, 0.4) is 0 Å². The van der Waals surface area contributed by atoms with Crippen LogP contribution in [-0.2, 0) is 26.2 Å². The third kappa shape index (κ3) is 8.28. The van der Waals surface area contributed by atoms with Gasteiger partial charge in [-0.2, -0.15) is 0 Å². The summed E-state index contributed by atoms with van der Waals surface area (Å²) in [6.45, 7) is 9.57. The first-order chi connectivity index (χ1) is 16.3. The fraction of sp³-hybridized carbons (Fsp3) is 0.462. The van der Waals surface area contributed by atoms with Gasteiger partial charge in [0, 0.05) is 13.1 Å². The van der Waals surface area contributed by atoms with Crippen LogP contribution in [0.4, 0.5) is 5.69 Å². The second kappa shape index (κ2) is 12.1. The van der Waals surface area contributed by atoms with Gasteiger partial charge in [-0.1, -0.05) is 32.0 Å². The summed E-state index contributed by atoms with van der Waals surface area (Å²) in [6, 6.07) is 11.8. The molecule has 0 bridgehead atoms. The minimum Gasteiger partial charge on any atom is -0.497 e. The fourth-order valence-electron chi connectivity index (χ4n) is 3.67. The molecule has 2 aromatic carbocycles. The molecule has 0 aliphatic rings. The molecule has 0 saturated carbocycles. The highest BCUT2D eigenvalue weighted by atomic mass is 32.2. The second-order valence-electron chi connectivity index (χ2n) is 9.30. The Morgan fingerprint density at radius 3 is 2.06 bits per heavy atom. The lowest BCUT2D eigenvalue weighted by Gasteiger charge is -2.31. The number of hydrogen-bond donors (Lipinski definition) is 1. The molecule has 1 N–H and O–H groups in total. The van der Waals surface area contributed by atoms with Crippen molar-refractivity contribution in [1.82, 2.24) is 10.2 Å². The van der Waals surface area contributed by atoms with Gasteiger partial charge in [-0.25, -0.2) is 8.42 Å². The molecule has 0 aromatic heterocycles. The molecule has 0 radical (unpaired) electrons. The Morgan fingerprint density at radius 1 is 1.00 bits per heavy atom. The van der Waals surface area contributed by atoms with Crippen molar-refractivity contribution in [2.24, 2.45) is 5.92 Å². The number of benzene rings is 2. The van der Waals surface area contributed by atoms with Crippen molar-refractivity contribution in [2.75, 3.05) is 30.8 Å². The van der Waals surface area contributed by atoms with Crippen molar-refractivity contribution in [2.45, 2.75) is 47.2 Å². The highest BCUT2D eigenvalue weighted by Gasteiger charge is 2.30. The van der Waals surface area contributed by atoms with E-state index in [1.54, 1.807) is 38.3 Å². The van der Waals surface area contributed by atoms with Crippen LogP contribution < -0.4 is 14.4 Å². The first kappa shape index (κ1) is 28.2. The van der Waals surface area contributed by atoms with Gasteiger partial charge in [0.1, 0.15) is 18.3 Å². The van der Waals surface area contributed by atoms with E-state index in [2.05, 4.69) is 5.32 Å². The SMILES string of the molecule is COc1ccc(CN(C(=O)CN(c2cc(C)cc(C)c2)S(C)(=O)=O)[C@H](C)C(=O)NCC(C)C)cc1.